The van der Waals surface area contributed by atoms with Crippen molar-refractivity contribution in [3.05, 3.63) is 65.1 Å². The molecule has 6 rings (SSSR count). The molecule has 3 aromatic heterocycles. The molecule has 6 atom stereocenters. The van der Waals surface area contributed by atoms with Crippen LogP contribution in [0.2, 0.25) is 0 Å². The maximum Gasteiger partial charge on any atom is 0.361 e. The zero-order valence-corrected chi connectivity index (χ0v) is 36.0. The molecule has 0 aliphatic carbocycles. The van der Waals surface area contributed by atoms with Crippen LogP contribution in [0.15, 0.2) is 63.9 Å². The van der Waals surface area contributed by atoms with Gasteiger partial charge in [0.2, 0.25) is 0 Å². The van der Waals surface area contributed by atoms with Crippen LogP contribution in [0.3, 0.4) is 0 Å². The van der Waals surface area contributed by atoms with E-state index in [2.05, 4.69) is 0 Å². The van der Waals surface area contributed by atoms with Crippen LogP contribution >= 0.6 is 0 Å². The molecule has 0 fully saturated rings. The number of nitrogens with two attached hydrogens (primary N) is 3. The maximum absolute atomic E-state index is 14.3. The minimum Gasteiger partial charge on any atom is -0.493 e. The van der Waals surface area contributed by atoms with E-state index in [9.17, 15) is 19.2 Å². The molecule has 15 nitrogen and oxygen atoms in total. The highest BCUT2D eigenvalue weighted by Crippen LogP contribution is 2.46. The highest BCUT2D eigenvalue weighted by Gasteiger charge is 2.29. The number of pyridine rings is 1. The zero-order valence-electron chi connectivity index (χ0n) is 36.0. The van der Waals surface area contributed by atoms with E-state index in [4.69, 9.17) is 50.0 Å². The Morgan fingerprint density at radius 2 is 1.08 bits per heavy atom. The summed E-state index contributed by atoms with van der Waals surface area (Å²) in [5.41, 5.74) is 19.8. The van der Waals surface area contributed by atoms with Crippen molar-refractivity contribution in [2.45, 2.75) is 78.9 Å². The van der Waals surface area contributed by atoms with Crippen molar-refractivity contribution in [2.24, 2.45) is 35.0 Å². The predicted molar refractivity (Wildman–Crippen MR) is 233 cm³/mol. The van der Waals surface area contributed by atoms with Gasteiger partial charge in [-0.15, -0.1) is 0 Å². The van der Waals surface area contributed by atoms with Crippen molar-refractivity contribution in [1.82, 2.24) is 4.40 Å². The predicted octanol–water partition coefficient (Wildman–Crippen LogP) is 6.88. The first-order chi connectivity index (χ1) is 29.1. The fourth-order valence-electron chi connectivity index (χ4n) is 7.16. The molecule has 1 unspecified atom stereocenters. The smallest absolute Gasteiger partial charge is 0.361 e. The van der Waals surface area contributed by atoms with E-state index in [1.165, 1.54) is 27.4 Å². The molecule has 0 amide bonds. The SMILES string of the molecule is CC[C@H](C)C(N)C(=O)Oc1cc2oc(=O)c3c(c(-c4ccc(OC(=O)[C@@H](N)[C@@H](C)CC)c(OC)c4)c4c5cc(OC)c(OC(=O)[C@@H](N)[C@@H](C)CC)cc5ccn43)c2cc1OC. The molecule has 0 saturated carbocycles. The Morgan fingerprint density at radius 1 is 0.607 bits per heavy atom. The first kappa shape index (κ1) is 44.4. The van der Waals surface area contributed by atoms with Crippen molar-refractivity contribution in [3.63, 3.8) is 0 Å². The molecule has 6 N–H and O–H groups in total. The molecule has 0 bridgehead atoms. The largest absolute Gasteiger partial charge is 0.493 e. The Kier molecular flexibility index (Phi) is 13.3. The van der Waals surface area contributed by atoms with Crippen LogP contribution in [0.1, 0.15) is 60.8 Å². The van der Waals surface area contributed by atoms with Gasteiger partial charge in [-0.1, -0.05) is 66.9 Å². The Morgan fingerprint density at radius 3 is 1.59 bits per heavy atom. The molecule has 3 aromatic carbocycles. The van der Waals surface area contributed by atoms with Crippen molar-refractivity contribution in [3.8, 4) is 45.6 Å². The summed E-state index contributed by atoms with van der Waals surface area (Å²) in [7, 11) is 4.33. The number of rotatable bonds is 16. The van der Waals surface area contributed by atoms with Crippen LogP contribution in [0.25, 0.3) is 49.3 Å². The number of fused-ring (bicyclic) bond motifs is 7. The monoisotopic (exact) mass is 838 g/mol. The lowest BCUT2D eigenvalue weighted by atomic mass is 9.97. The molecule has 0 spiro atoms. The van der Waals surface area contributed by atoms with Gasteiger partial charge in [0.15, 0.2) is 34.5 Å². The summed E-state index contributed by atoms with van der Waals surface area (Å²) in [4.78, 5) is 53.7. The lowest BCUT2D eigenvalue weighted by Crippen LogP contribution is -2.39. The number of methoxy groups -OCH3 is 3. The van der Waals surface area contributed by atoms with Crippen LogP contribution in [0.4, 0.5) is 0 Å². The average molecular weight is 839 g/mol. The Hall–Kier alpha value is -6.16. The summed E-state index contributed by atoms with van der Waals surface area (Å²) in [6.07, 6.45) is 3.73. The fourth-order valence-corrected chi connectivity index (χ4v) is 7.16. The second kappa shape index (κ2) is 18.2. The van der Waals surface area contributed by atoms with E-state index in [0.717, 1.165) is 0 Å². The molecule has 324 valence electrons. The van der Waals surface area contributed by atoms with Gasteiger partial charge in [0.1, 0.15) is 29.2 Å². The number of benzene rings is 3. The fraction of sp³-hybridized carbons (Fsp3) is 0.391. The molecule has 0 aliphatic heterocycles. The molecule has 0 radical (unpaired) electrons. The number of hydrogen-bond donors (Lipinski definition) is 3. The molecule has 6 aromatic rings. The third-order valence-electron chi connectivity index (χ3n) is 11.8. The van der Waals surface area contributed by atoms with Crippen LogP contribution in [-0.4, -0.2) is 61.8 Å². The summed E-state index contributed by atoms with van der Waals surface area (Å²) < 4.78 is 42.3. The van der Waals surface area contributed by atoms with E-state index in [1.54, 1.807) is 53.1 Å². The Balaban J connectivity index is 1.66. The topological polar surface area (TPSA) is 219 Å². The number of nitrogens with zero attached hydrogens (tertiary/aromatic N) is 1. The molecular formula is C46H54N4O11. The van der Waals surface area contributed by atoms with Crippen LogP contribution in [0.5, 0.6) is 34.5 Å². The lowest BCUT2D eigenvalue weighted by molar-refractivity contribution is -0.138. The maximum atomic E-state index is 14.3. The van der Waals surface area contributed by atoms with Gasteiger partial charge in [0.25, 0.3) is 0 Å². The van der Waals surface area contributed by atoms with Crippen LogP contribution in [-0.2, 0) is 14.4 Å². The van der Waals surface area contributed by atoms with Crippen molar-refractivity contribution in [1.29, 1.82) is 0 Å². The highest BCUT2D eigenvalue weighted by molar-refractivity contribution is 6.22. The number of aromatic nitrogens is 1. The minimum atomic E-state index is -0.905. The lowest BCUT2D eigenvalue weighted by Gasteiger charge is -2.18. The van der Waals surface area contributed by atoms with Gasteiger partial charge >= 0.3 is 23.5 Å². The average Bonchev–Trinajstić information content (AvgIpc) is 3.63. The Bertz CT molecular complexity index is 2700. The highest BCUT2D eigenvalue weighted by atomic mass is 16.6. The zero-order chi connectivity index (χ0) is 44.4. The molecule has 61 heavy (non-hydrogen) atoms. The van der Waals surface area contributed by atoms with Gasteiger partial charge in [-0.3, -0.25) is 0 Å². The normalized spacial score (nSPS) is 14.6. The summed E-state index contributed by atoms with van der Waals surface area (Å²) in [6.45, 7) is 11.4. The van der Waals surface area contributed by atoms with Crippen LogP contribution < -0.4 is 51.2 Å². The standard InChI is InChI=1S/C46H54N4O11/c1-10-22(4)38(47)43(51)58-29-14-13-26(18-31(29)55-7)36-37-28-20-33(57-9)35(61-45(53)40(49)24(6)12-3)21-30(28)59-46(54)42(37)50-16-15-25-17-34(32(56-8)19-27(25)41(36)50)60-44(52)39(48)23(5)11-2/h13-24,38-40H,10-12,47-49H2,1-9H3/t22-,23-,24-,38-,39-,40?/m0/s1. The number of hydrogen-bond acceptors (Lipinski definition) is 14. The van der Waals surface area contributed by atoms with Gasteiger partial charge in [-0.05, 0) is 65.1 Å². The van der Waals surface area contributed by atoms with Gasteiger partial charge in [0.05, 0.1) is 26.8 Å². The summed E-state index contributed by atoms with van der Waals surface area (Å²) >= 11 is 0. The molecule has 15 heteroatoms. The van der Waals surface area contributed by atoms with Gasteiger partial charge in [-0.25, -0.2) is 19.2 Å². The van der Waals surface area contributed by atoms with Crippen molar-refractivity contribution >= 4 is 56.1 Å². The summed E-state index contributed by atoms with van der Waals surface area (Å²) in [5.74, 6) is -1.34. The molecule has 0 aliphatic rings. The number of ether oxygens (including phenoxy) is 6. The summed E-state index contributed by atoms with van der Waals surface area (Å²) in [5, 5.41) is 2.13. The van der Waals surface area contributed by atoms with E-state index >= 15 is 0 Å². The van der Waals surface area contributed by atoms with Gasteiger partial charge in [-0.2, -0.15) is 0 Å². The first-order valence-electron chi connectivity index (χ1n) is 20.4. The number of carbonyl (C=O) groups is 3. The molecular weight excluding hydrogens is 785 g/mol. The second-order valence-corrected chi connectivity index (χ2v) is 15.5. The Labute approximate surface area is 352 Å². The van der Waals surface area contributed by atoms with Crippen molar-refractivity contribution < 1.29 is 47.2 Å². The summed E-state index contributed by atoms with van der Waals surface area (Å²) in [6, 6.07) is 10.6. The molecule has 3 heterocycles. The number of esters is 3. The van der Waals surface area contributed by atoms with E-state index in [0.29, 0.717) is 57.5 Å². The minimum absolute atomic E-state index is 0.0142. The number of carbonyl (C=O) groups excluding carboxylic acids is 3. The third-order valence-corrected chi connectivity index (χ3v) is 11.8. The van der Waals surface area contributed by atoms with E-state index in [1.807, 2.05) is 41.5 Å². The van der Waals surface area contributed by atoms with Gasteiger partial charge < -0.3 is 54.4 Å². The molecule has 0 saturated heterocycles. The first-order valence-corrected chi connectivity index (χ1v) is 20.4. The third kappa shape index (κ3) is 8.32. The quantitative estimate of drug-likeness (QED) is 0.0514. The second-order valence-electron chi connectivity index (χ2n) is 15.5. The van der Waals surface area contributed by atoms with E-state index in [-0.39, 0.29) is 63.4 Å². The van der Waals surface area contributed by atoms with Crippen molar-refractivity contribution in [2.75, 3.05) is 21.3 Å². The van der Waals surface area contributed by atoms with Crippen LogP contribution in [0, 0.1) is 17.8 Å². The van der Waals surface area contributed by atoms with Gasteiger partial charge in [0, 0.05) is 34.0 Å². The van der Waals surface area contributed by atoms with E-state index < -0.39 is 41.7 Å².